The first-order valence-corrected chi connectivity index (χ1v) is 5.17. The van der Waals surface area contributed by atoms with Crippen LogP contribution in [0.15, 0.2) is 0 Å². The number of rotatable bonds is 7. The molecule has 0 saturated carbocycles. The van der Waals surface area contributed by atoms with Crippen molar-refractivity contribution in [3.8, 4) is 0 Å². The Hall–Kier alpha value is -0.610. The van der Waals surface area contributed by atoms with Gasteiger partial charge in [0.25, 0.3) is 0 Å². The predicted molar refractivity (Wildman–Crippen MR) is 57.5 cm³/mol. The molecule has 0 aromatic carbocycles. The standard InChI is InChI=1S/C10H22N2O2/c1-5-6-12(8(2)3)7-9(11-4)10(13)14/h8-9,11H,5-7H2,1-4H3,(H,13,14). The van der Waals surface area contributed by atoms with Crippen LogP contribution in [0.4, 0.5) is 0 Å². The molecule has 0 spiro atoms. The number of hydrogen-bond acceptors (Lipinski definition) is 3. The molecule has 4 heteroatoms. The number of carboxylic acids is 1. The predicted octanol–water partition coefficient (Wildman–Crippen LogP) is 0.779. The van der Waals surface area contributed by atoms with Gasteiger partial charge in [-0.05, 0) is 33.9 Å². The zero-order chi connectivity index (χ0) is 11.1. The molecule has 0 saturated heterocycles. The Labute approximate surface area is 86.3 Å². The van der Waals surface area contributed by atoms with Gasteiger partial charge in [-0.25, -0.2) is 0 Å². The number of nitrogens with one attached hydrogen (secondary N) is 1. The molecule has 1 unspecified atom stereocenters. The maximum Gasteiger partial charge on any atom is 0.322 e. The van der Waals surface area contributed by atoms with E-state index in [-0.39, 0.29) is 0 Å². The monoisotopic (exact) mass is 202 g/mol. The average Bonchev–Trinajstić information content (AvgIpc) is 2.11. The van der Waals surface area contributed by atoms with Crippen LogP contribution < -0.4 is 5.32 Å². The molecule has 0 aromatic heterocycles. The van der Waals surface area contributed by atoms with E-state index in [9.17, 15) is 4.79 Å². The molecular weight excluding hydrogens is 180 g/mol. The second kappa shape index (κ2) is 6.79. The van der Waals surface area contributed by atoms with Gasteiger partial charge < -0.3 is 10.4 Å². The third-order valence-corrected chi connectivity index (χ3v) is 2.30. The molecule has 0 rings (SSSR count). The van der Waals surface area contributed by atoms with Crippen LogP contribution in [0.5, 0.6) is 0 Å². The van der Waals surface area contributed by atoms with E-state index in [1.807, 2.05) is 0 Å². The maximum absolute atomic E-state index is 10.8. The van der Waals surface area contributed by atoms with Gasteiger partial charge in [-0.1, -0.05) is 6.92 Å². The molecule has 0 radical (unpaired) electrons. The first-order chi connectivity index (χ1) is 6.52. The van der Waals surface area contributed by atoms with Crippen LogP contribution in [-0.2, 0) is 4.79 Å². The van der Waals surface area contributed by atoms with Crippen LogP contribution in [0.25, 0.3) is 0 Å². The van der Waals surface area contributed by atoms with Crippen LogP contribution in [0.2, 0.25) is 0 Å². The molecule has 0 aliphatic rings. The number of nitrogens with zero attached hydrogens (tertiary/aromatic N) is 1. The van der Waals surface area contributed by atoms with Crippen LogP contribution in [0, 0.1) is 0 Å². The van der Waals surface area contributed by atoms with Crippen molar-refractivity contribution in [2.24, 2.45) is 0 Å². The number of carboxylic acid groups (broad SMARTS) is 1. The van der Waals surface area contributed by atoms with E-state index < -0.39 is 12.0 Å². The van der Waals surface area contributed by atoms with E-state index in [0.29, 0.717) is 12.6 Å². The third-order valence-electron chi connectivity index (χ3n) is 2.30. The van der Waals surface area contributed by atoms with E-state index in [4.69, 9.17) is 5.11 Å². The van der Waals surface area contributed by atoms with Crippen LogP contribution in [0.3, 0.4) is 0 Å². The Morgan fingerprint density at radius 3 is 2.36 bits per heavy atom. The van der Waals surface area contributed by atoms with E-state index in [0.717, 1.165) is 13.0 Å². The number of aliphatic carboxylic acids is 1. The largest absolute Gasteiger partial charge is 0.480 e. The average molecular weight is 202 g/mol. The van der Waals surface area contributed by atoms with Gasteiger partial charge in [-0.2, -0.15) is 0 Å². The van der Waals surface area contributed by atoms with Crippen LogP contribution >= 0.6 is 0 Å². The van der Waals surface area contributed by atoms with Gasteiger partial charge in [0, 0.05) is 12.6 Å². The van der Waals surface area contributed by atoms with Crippen LogP contribution in [-0.4, -0.2) is 48.2 Å². The van der Waals surface area contributed by atoms with Gasteiger partial charge in [0.05, 0.1) is 0 Å². The van der Waals surface area contributed by atoms with E-state index in [1.54, 1.807) is 7.05 Å². The lowest BCUT2D eigenvalue weighted by Gasteiger charge is -2.28. The second-order valence-electron chi connectivity index (χ2n) is 3.77. The molecule has 1 atom stereocenters. The van der Waals surface area contributed by atoms with Crippen molar-refractivity contribution in [2.45, 2.75) is 39.3 Å². The smallest absolute Gasteiger partial charge is 0.322 e. The Balaban J connectivity index is 4.18. The van der Waals surface area contributed by atoms with E-state index >= 15 is 0 Å². The van der Waals surface area contributed by atoms with Gasteiger partial charge in [0.2, 0.25) is 0 Å². The Bertz CT molecular complexity index is 172. The normalized spacial score (nSPS) is 13.6. The van der Waals surface area contributed by atoms with Crippen molar-refractivity contribution < 1.29 is 9.90 Å². The molecule has 0 aliphatic carbocycles. The van der Waals surface area contributed by atoms with Crippen molar-refractivity contribution in [3.63, 3.8) is 0 Å². The summed E-state index contributed by atoms with van der Waals surface area (Å²) in [5, 5.41) is 11.7. The third kappa shape index (κ3) is 4.58. The molecule has 4 nitrogen and oxygen atoms in total. The van der Waals surface area contributed by atoms with Gasteiger partial charge >= 0.3 is 5.97 Å². The highest BCUT2D eigenvalue weighted by Gasteiger charge is 2.19. The van der Waals surface area contributed by atoms with Crippen LogP contribution in [0.1, 0.15) is 27.2 Å². The first-order valence-electron chi connectivity index (χ1n) is 5.17. The van der Waals surface area contributed by atoms with Gasteiger partial charge in [-0.3, -0.25) is 9.69 Å². The summed E-state index contributed by atoms with van der Waals surface area (Å²) >= 11 is 0. The highest BCUT2D eigenvalue weighted by atomic mass is 16.4. The minimum Gasteiger partial charge on any atom is -0.480 e. The number of likely N-dealkylation sites (N-methyl/N-ethyl adjacent to an activating group) is 1. The highest BCUT2D eigenvalue weighted by Crippen LogP contribution is 2.01. The summed E-state index contributed by atoms with van der Waals surface area (Å²) in [5.41, 5.74) is 0. The zero-order valence-electron chi connectivity index (χ0n) is 9.58. The van der Waals surface area contributed by atoms with Crippen molar-refractivity contribution >= 4 is 5.97 Å². The lowest BCUT2D eigenvalue weighted by molar-refractivity contribution is -0.139. The summed E-state index contributed by atoms with van der Waals surface area (Å²) in [6.07, 6.45) is 1.05. The summed E-state index contributed by atoms with van der Waals surface area (Å²) < 4.78 is 0. The highest BCUT2D eigenvalue weighted by molar-refractivity contribution is 5.73. The fourth-order valence-electron chi connectivity index (χ4n) is 1.37. The summed E-state index contributed by atoms with van der Waals surface area (Å²) in [6.45, 7) is 7.79. The molecule has 0 fully saturated rings. The number of hydrogen-bond donors (Lipinski definition) is 2. The molecule has 84 valence electrons. The molecule has 0 heterocycles. The molecule has 0 bridgehead atoms. The molecule has 14 heavy (non-hydrogen) atoms. The SMILES string of the molecule is CCCN(CC(NC)C(=O)O)C(C)C. The Kier molecular flexibility index (Phi) is 6.49. The van der Waals surface area contributed by atoms with Gasteiger partial charge in [-0.15, -0.1) is 0 Å². The van der Waals surface area contributed by atoms with Crippen molar-refractivity contribution in [3.05, 3.63) is 0 Å². The van der Waals surface area contributed by atoms with Crippen molar-refractivity contribution in [2.75, 3.05) is 20.1 Å². The quantitative estimate of drug-likeness (QED) is 0.640. The minimum absolute atomic E-state index is 0.394. The van der Waals surface area contributed by atoms with E-state index in [2.05, 4.69) is 31.0 Å². The van der Waals surface area contributed by atoms with E-state index in [1.165, 1.54) is 0 Å². The fraction of sp³-hybridized carbons (Fsp3) is 0.900. The summed E-state index contributed by atoms with van der Waals surface area (Å²) in [4.78, 5) is 13.0. The molecule has 2 N–H and O–H groups in total. The Morgan fingerprint density at radius 2 is 2.07 bits per heavy atom. The Morgan fingerprint density at radius 1 is 1.50 bits per heavy atom. The van der Waals surface area contributed by atoms with Gasteiger partial charge in [0.1, 0.15) is 6.04 Å². The molecule has 0 aliphatic heterocycles. The minimum atomic E-state index is -0.783. The van der Waals surface area contributed by atoms with Crippen molar-refractivity contribution in [1.82, 2.24) is 10.2 Å². The topological polar surface area (TPSA) is 52.6 Å². The summed E-state index contributed by atoms with van der Waals surface area (Å²) in [7, 11) is 1.68. The van der Waals surface area contributed by atoms with Gasteiger partial charge in [0.15, 0.2) is 0 Å². The zero-order valence-corrected chi connectivity index (χ0v) is 9.58. The first kappa shape index (κ1) is 13.4. The van der Waals surface area contributed by atoms with Crippen molar-refractivity contribution in [1.29, 1.82) is 0 Å². The maximum atomic E-state index is 10.8. The molecule has 0 amide bonds. The summed E-state index contributed by atoms with van der Waals surface area (Å²) in [6, 6.07) is -0.0749. The second-order valence-corrected chi connectivity index (χ2v) is 3.77. The fourth-order valence-corrected chi connectivity index (χ4v) is 1.37. The summed E-state index contributed by atoms with van der Waals surface area (Å²) in [5.74, 6) is -0.783. The molecule has 0 aromatic rings. The molecular formula is C10H22N2O2. The number of carbonyl (C=O) groups is 1. The lowest BCUT2D eigenvalue weighted by Crippen LogP contribution is -2.47. The lowest BCUT2D eigenvalue weighted by atomic mass is 10.2.